The molecule has 2 aromatic rings. The third-order valence-corrected chi connectivity index (χ3v) is 5.56. The third kappa shape index (κ3) is 5.84. The van der Waals surface area contributed by atoms with Crippen LogP contribution in [0.25, 0.3) is 0 Å². The van der Waals surface area contributed by atoms with Crippen LogP contribution < -0.4 is 10.1 Å². The molecule has 0 aliphatic heterocycles. The number of hydrogen-bond donors (Lipinski definition) is 1. The summed E-state index contributed by atoms with van der Waals surface area (Å²) in [6.07, 6.45) is 0. The Morgan fingerprint density at radius 2 is 1.73 bits per heavy atom. The Hall–Kier alpha value is -2.83. The number of nitrogens with zero attached hydrogens (tertiary/aromatic N) is 2. The first-order valence-electron chi connectivity index (χ1n) is 7.97. The van der Waals surface area contributed by atoms with Crippen LogP contribution in [-0.2, 0) is 0 Å². The Labute approximate surface area is 176 Å². The molecule has 160 valence electrons. The fourth-order valence-electron chi connectivity index (χ4n) is 2.19. The second-order valence-electron chi connectivity index (χ2n) is 6.44. The maximum Gasteiger partial charge on any atom is 0.310 e. The van der Waals surface area contributed by atoms with Crippen molar-refractivity contribution in [2.45, 2.75) is 17.4 Å². The smallest absolute Gasteiger partial charge is 0.310 e. The molecular weight excluding hydrogens is 497 g/mol. The monoisotopic (exact) mass is 509 g/mol. The summed E-state index contributed by atoms with van der Waals surface area (Å²) in [5.41, 5.74) is -1.58. The highest BCUT2D eigenvalue weighted by Crippen LogP contribution is 3.02. The average Bonchev–Trinajstić information content (AvgIpc) is 2.65. The van der Waals surface area contributed by atoms with Gasteiger partial charge in [-0.15, -0.1) is 0 Å². The number of halogens is 6. The summed E-state index contributed by atoms with van der Waals surface area (Å²) in [6, 6.07) is 9.61. The van der Waals surface area contributed by atoms with Crippen molar-refractivity contribution < 1.29 is 29.0 Å². The SMILES string of the molecule is CC(C#N)(COc1ccc(C#N)cc1Br)NC(=O)c1ccc(S(F)(F)(F)(F)F)cc1. The van der Waals surface area contributed by atoms with Gasteiger partial charge in [-0.2, -0.15) is 10.5 Å². The molecule has 30 heavy (non-hydrogen) atoms. The highest BCUT2D eigenvalue weighted by atomic mass is 79.9. The molecule has 1 N–H and O–H groups in total. The lowest BCUT2D eigenvalue weighted by Gasteiger charge is -2.40. The Kier molecular flexibility index (Phi) is 5.58. The van der Waals surface area contributed by atoms with Crippen LogP contribution in [0.5, 0.6) is 5.75 Å². The zero-order valence-electron chi connectivity index (χ0n) is 15.1. The van der Waals surface area contributed by atoms with E-state index in [0.29, 0.717) is 22.2 Å². The van der Waals surface area contributed by atoms with E-state index in [4.69, 9.17) is 10.00 Å². The van der Waals surface area contributed by atoms with Crippen LogP contribution in [0.4, 0.5) is 19.4 Å². The molecule has 2 aromatic carbocycles. The standard InChI is InChI=1S/C18H13BrF5N3O2S/c1-18(10-26,11-29-16-7-2-12(9-25)8-15(16)19)27-17(28)13-3-5-14(6-4-13)30(20,21,22,23)24/h2-8H,11H2,1H3,(H,27,28). The van der Waals surface area contributed by atoms with Crippen LogP contribution in [0.15, 0.2) is 51.8 Å². The lowest BCUT2D eigenvalue weighted by Crippen LogP contribution is -2.49. The number of benzene rings is 2. The summed E-state index contributed by atoms with van der Waals surface area (Å²) in [5.74, 6) is -0.666. The van der Waals surface area contributed by atoms with Crippen LogP contribution in [0.2, 0.25) is 0 Å². The molecule has 0 fully saturated rings. The van der Waals surface area contributed by atoms with Gasteiger partial charge in [-0.3, -0.25) is 4.79 Å². The summed E-state index contributed by atoms with van der Waals surface area (Å²) < 4.78 is 69.7. The molecule has 1 atom stereocenters. The van der Waals surface area contributed by atoms with E-state index in [1.54, 1.807) is 0 Å². The van der Waals surface area contributed by atoms with Crippen LogP contribution >= 0.6 is 26.2 Å². The topological polar surface area (TPSA) is 85.9 Å². The molecule has 0 aromatic heterocycles. The maximum atomic E-state index is 12.8. The van der Waals surface area contributed by atoms with E-state index in [1.807, 2.05) is 12.1 Å². The summed E-state index contributed by atoms with van der Waals surface area (Å²) in [6.45, 7) is 0.967. The number of carbonyl (C=O) groups is 1. The minimum atomic E-state index is -9.85. The van der Waals surface area contributed by atoms with Gasteiger partial charge >= 0.3 is 10.2 Å². The van der Waals surface area contributed by atoms with Crippen molar-refractivity contribution in [2.24, 2.45) is 0 Å². The fraction of sp³-hybridized carbons (Fsp3) is 0.167. The van der Waals surface area contributed by atoms with Crippen molar-refractivity contribution >= 4 is 32.1 Å². The Morgan fingerprint density at radius 1 is 1.13 bits per heavy atom. The van der Waals surface area contributed by atoms with Crippen molar-refractivity contribution in [3.8, 4) is 17.9 Å². The van der Waals surface area contributed by atoms with Crippen molar-refractivity contribution in [2.75, 3.05) is 6.61 Å². The zero-order chi connectivity index (χ0) is 22.9. The van der Waals surface area contributed by atoms with E-state index in [0.717, 1.165) is 0 Å². The number of carbonyl (C=O) groups excluding carboxylic acids is 1. The van der Waals surface area contributed by atoms with Crippen molar-refractivity contribution in [3.05, 3.63) is 58.1 Å². The number of nitriles is 2. The number of nitrogens with one attached hydrogen (secondary N) is 1. The molecule has 0 aliphatic carbocycles. The molecule has 0 bridgehead atoms. The van der Waals surface area contributed by atoms with Gasteiger partial charge in [-0.25, -0.2) is 0 Å². The molecule has 0 aliphatic rings. The molecule has 0 saturated heterocycles. The first-order valence-corrected chi connectivity index (χ1v) is 10.7. The molecule has 2 rings (SSSR count). The van der Waals surface area contributed by atoms with E-state index < -0.39 is 26.6 Å². The quantitative estimate of drug-likeness (QED) is 0.478. The molecule has 12 heteroatoms. The Morgan fingerprint density at radius 3 is 2.20 bits per heavy atom. The second-order valence-corrected chi connectivity index (χ2v) is 9.70. The van der Waals surface area contributed by atoms with Crippen LogP contribution in [0, 0.1) is 22.7 Å². The van der Waals surface area contributed by atoms with Crippen LogP contribution in [-0.4, -0.2) is 18.1 Å². The lowest BCUT2D eigenvalue weighted by molar-refractivity contribution is 0.0900. The lowest BCUT2D eigenvalue weighted by atomic mass is 10.1. The zero-order valence-corrected chi connectivity index (χ0v) is 17.5. The molecule has 0 saturated carbocycles. The summed E-state index contributed by atoms with van der Waals surface area (Å²) in [4.78, 5) is 10.2. The maximum absolute atomic E-state index is 12.8. The molecule has 0 spiro atoms. The molecule has 5 nitrogen and oxygen atoms in total. The first-order chi connectivity index (χ1) is 13.6. The van der Waals surface area contributed by atoms with E-state index in [-0.39, 0.29) is 30.1 Å². The van der Waals surface area contributed by atoms with Gasteiger partial charge in [-0.05, 0) is 65.3 Å². The van der Waals surface area contributed by atoms with Crippen molar-refractivity contribution in [3.63, 3.8) is 0 Å². The first kappa shape index (κ1) is 23.4. The second kappa shape index (κ2) is 7.15. The molecule has 1 amide bonds. The molecule has 1 unspecified atom stereocenters. The average molecular weight is 510 g/mol. The van der Waals surface area contributed by atoms with E-state index >= 15 is 0 Å². The fourth-order valence-corrected chi connectivity index (χ4v) is 3.34. The summed E-state index contributed by atoms with van der Waals surface area (Å²) >= 11 is 3.20. The summed E-state index contributed by atoms with van der Waals surface area (Å²) in [7, 11) is -9.85. The van der Waals surface area contributed by atoms with Crippen molar-refractivity contribution in [1.29, 1.82) is 10.5 Å². The minimum absolute atomic E-state index is 0.116. The van der Waals surface area contributed by atoms with E-state index in [9.17, 15) is 29.5 Å². The molecule has 0 heterocycles. The highest BCUT2D eigenvalue weighted by molar-refractivity contribution is 9.10. The predicted molar refractivity (Wildman–Crippen MR) is 104 cm³/mol. The number of ether oxygens (including phenoxy) is 1. The Balaban J connectivity index is 2.14. The highest BCUT2D eigenvalue weighted by Gasteiger charge is 2.65. The van der Waals surface area contributed by atoms with Crippen LogP contribution in [0.3, 0.4) is 0 Å². The minimum Gasteiger partial charge on any atom is -0.489 e. The molecular formula is C18H13BrF5N3O2S. The van der Waals surface area contributed by atoms with Gasteiger partial charge in [0.2, 0.25) is 0 Å². The summed E-state index contributed by atoms with van der Waals surface area (Å²) in [5, 5.41) is 20.5. The van der Waals surface area contributed by atoms with Gasteiger partial charge in [0.05, 0.1) is 22.2 Å². The van der Waals surface area contributed by atoms with Gasteiger partial charge < -0.3 is 10.1 Å². The van der Waals surface area contributed by atoms with Crippen molar-refractivity contribution in [1.82, 2.24) is 5.32 Å². The third-order valence-electron chi connectivity index (χ3n) is 3.78. The molecule has 0 radical (unpaired) electrons. The number of rotatable bonds is 6. The van der Waals surface area contributed by atoms with Gasteiger partial charge in [0, 0.05) is 5.56 Å². The van der Waals surface area contributed by atoms with Gasteiger partial charge in [0.25, 0.3) is 5.91 Å². The Bertz CT molecular complexity index is 1080. The van der Waals surface area contributed by atoms with E-state index in [1.165, 1.54) is 25.1 Å². The largest absolute Gasteiger partial charge is 0.489 e. The van der Waals surface area contributed by atoms with E-state index in [2.05, 4.69) is 21.2 Å². The number of hydrogen-bond acceptors (Lipinski definition) is 4. The van der Waals surface area contributed by atoms with Gasteiger partial charge in [-0.1, -0.05) is 19.4 Å². The number of amides is 1. The van der Waals surface area contributed by atoms with Crippen LogP contribution in [0.1, 0.15) is 22.8 Å². The van der Waals surface area contributed by atoms with Gasteiger partial charge in [0.1, 0.15) is 17.3 Å². The normalized spacial score (nSPS) is 15.5. The van der Waals surface area contributed by atoms with Gasteiger partial charge in [0.15, 0.2) is 5.54 Å². The predicted octanol–water partition coefficient (Wildman–Crippen LogP) is 6.07.